The first-order valence-electron chi connectivity index (χ1n) is 14.5. The lowest BCUT2D eigenvalue weighted by molar-refractivity contribution is -0.123. The van der Waals surface area contributed by atoms with Gasteiger partial charge in [0.1, 0.15) is 18.1 Å². The third kappa shape index (κ3) is 6.79. The summed E-state index contributed by atoms with van der Waals surface area (Å²) in [6, 6.07) is 5.68. The van der Waals surface area contributed by atoms with Crippen LogP contribution in [0.5, 0.6) is 5.75 Å². The monoisotopic (exact) mass is 578 g/mol. The van der Waals surface area contributed by atoms with Crippen molar-refractivity contribution in [2.24, 2.45) is 11.1 Å². The van der Waals surface area contributed by atoms with Crippen LogP contribution in [0.3, 0.4) is 0 Å². The molecular weight excluding hydrogens is 536 g/mol. The number of piperazine rings is 1. The molecule has 0 radical (unpaired) electrons. The fourth-order valence-electron chi connectivity index (χ4n) is 6.12. The molecule has 0 unspecified atom stereocenters. The van der Waals surface area contributed by atoms with Gasteiger partial charge in [-0.15, -0.1) is 0 Å². The number of nitrogens with one attached hydrogen (secondary N) is 3. The molecule has 0 bridgehead atoms. The number of dihydropyridines is 1. The number of nitrogens with zero attached hydrogens (tertiary/aromatic N) is 2. The van der Waals surface area contributed by atoms with Crippen LogP contribution in [0, 0.1) is 10.8 Å². The summed E-state index contributed by atoms with van der Waals surface area (Å²) in [6.45, 7) is 7.26. The number of likely N-dealkylation sites (N-methyl/N-ethyl adjacent to an activating group) is 1. The van der Waals surface area contributed by atoms with E-state index in [4.69, 9.17) is 20.6 Å². The normalized spacial score (nSPS) is 26.8. The molecule has 0 aromatic heterocycles. The second-order valence-corrected chi connectivity index (χ2v) is 12.7. The number of primary amides is 1. The fourth-order valence-corrected chi connectivity index (χ4v) is 6.12. The molecule has 42 heavy (non-hydrogen) atoms. The Bertz CT molecular complexity index is 1310. The molecule has 2 heterocycles. The van der Waals surface area contributed by atoms with Crippen LogP contribution in [0.1, 0.15) is 49.9 Å². The molecule has 2 aliphatic heterocycles. The zero-order valence-electron chi connectivity index (χ0n) is 24.6. The molecule has 11 nitrogen and oxygen atoms in total. The van der Waals surface area contributed by atoms with E-state index in [-0.39, 0.29) is 35.6 Å². The minimum Gasteiger partial charge on any atom is -0.489 e. The van der Waals surface area contributed by atoms with Gasteiger partial charge >= 0.3 is 0 Å². The van der Waals surface area contributed by atoms with E-state index in [2.05, 4.69) is 27.5 Å². The maximum absolute atomic E-state index is 13.0. The average molecular weight is 579 g/mol. The molecule has 2 saturated carbocycles. The number of hydrogen-bond acceptors (Lipinski definition) is 9. The summed E-state index contributed by atoms with van der Waals surface area (Å²) < 4.78 is 11.9. The Morgan fingerprint density at radius 2 is 1.90 bits per heavy atom. The maximum Gasteiger partial charge on any atom is 0.255 e. The molecule has 3 fully saturated rings. The van der Waals surface area contributed by atoms with Crippen molar-refractivity contribution in [1.82, 2.24) is 15.5 Å². The summed E-state index contributed by atoms with van der Waals surface area (Å²) in [4.78, 5) is 29.7. The van der Waals surface area contributed by atoms with Gasteiger partial charge in [-0.1, -0.05) is 0 Å². The van der Waals surface area contributed by atoms with Crippen molar-refractivity contribution in [3.05, 3.63) is 59.1 Å². The first kappa shape index (κ1) is 29.7. The third-order valence-corrected chi connectivity index (χ3v) is 8.46. The molecule has 11 heteroatoms. The highest BCUT2D eigenvalue weighted by Gasteiger charge is 2.54. The standard InChI is InChI=1S/C31H42N6O5/c1-30(2,40)19-41-22-5-7-26(34-18-22)25(17-32)29(39)35-20-13-31(14-20)15-23(16-31)42-27-12-21(4-6-24(27)28(33)38)37-10-8-36(3)9-11-37/h4-7,12,17-18,20,23,32,34,40H,8-11,13-16,19H2,1-3H3,(H2,33,38)(H,35,39)/b26-25+,32-17?. The number of amides is 2. The van der Waals surface area contributed by atoms with Gasteiger partial charge in [0.15, 0.2) is 0 Å². The minimum atomic E-state index is -0.959. The fraction of sp³-hybridized carbons (Fsp3) is 0.516. The lowest BCUT2D eigenvalue weighted by Crippen LogP contribution is -2.59. The van der Waals surface area contributed by atoms with Crippen molar-refractivity contribution in [3.63, 3.8) is 0 Å². The Kier molecular flexibility index (Phi) is 8.34. The first-order chi connectivity index (χ1) is 19.9. The number of allylic oxidation sites excluding steroid dienone is 2. The van der Waals surface area contributed by atoms with Crippen LogP contribution in [-0.2, 0) is 9.53 Å². The van der Waals surface area contributed by atoms with E-state index in [1.54, 1.807) is 38.3 Å². The van der Waals surface area contributed by atoms with Crippen molar-refractivity contribution in [2.45, 2.75) is 57.3 Å². The predicted molar refractivity (Wildman–Crippen MR) is 160 cm³/mol. The molecule has 1 aromatic carbocycles. The maximum atomic E-state index is 13.0. The highest BCUT2D eigenvalue weighted by atomic mass is 16.5. The molecule has 1 saturated heterocycles. The minimum absolute atomic E-state index is 0.00192. The van der Waals surface area contributed by atoms with E-state index >= 15 is 0 Å². The zero-order chi connectivity index (χ0) is 30.1. The zero-order valence-corrected chi connectivity index (χ0v) is 24.6. The second kappa shape index (κ2) is 11.8. The lowest BCUT2D eigenvalue weighted by atomic mass is 9.53. The van der Waals surface area contributed by atoms with Crippen LogP contribution in [-0.4, -0.2) is 85.6 Å². The number of aliphatic hydroxyl groups is 1. The summed E-state index contributed by atoms with van der Waals surface area (Å²) in [6.07, 6.45) is 9.46. The Morgan fingerprint density at radius 1 is 1.19 bits per heavy atom. The number of carbonyl (C=O) groups is 2. The van der Waals surface area contributed by atoms with Gasteiger partial charge in [0.05, 0.1) is 28.5 Å². The molecule has 2 amide bonds. The number of carbonyl (C=O) groups excluding carboxylic acids is 2. The highest BCUT2D eigenvalue weighted by Crippen LogP contribution is 2.57. The van der Waals surface area contributed by atoms with Crippen molar-refractivity contribution in [1.29, 1.82) is 5.41 Å². The van der Waals surface area contributed by atoms with Crippen molar-refractivity contribution >= 4 is 23.7 Å². The summed E-state index contributed by atoms with van der Waals surface area (Å²) >= 11 is 0. The van der Waals surface area contributed by atoms with Gasteiger partial charge < -0.3 is 46.2 Å². The summed E-state index contributed by atoms with van der Waals surface area (Å²) in [7, 11) is 2.12. The van der Waals surface area contributed by atoms with Crippen LogP contribution in [0.4, 0.5) is 5.69 Å². The SMILES string of the molecule is CN1CCN(c2ccc(C(N)=O)c(OC3CC4(CC(NC(=O)/C(C=N)=C5\C=CC(OCC(C)(C)O)=CN5)C4)C3)c2)CC1. The molecule has 5 rings (SSSR count). The van der Waals surface area contributed by atoms with E-state index < -0.39 is 11.5 Å². The van der Waals surface area contributed by atoms with E-state index in [1.165, 1.54) is 0 Å². The van der Waals surface area contributed by atoms with Crippen LogP contribution >= 0.6 is 0 Å². The largest absolute Gasteiger partial charge is 0.489 e. The number of nitrogens with two attached hydrogens (primary N) is 1. The van der Waals surface area contributed by atoms with Gasteiger partial charge in [-0.25, -0.2) is 0 Å². The van der Waals surface area contributed by atoms with Gasteiger partial charge in [-0.2, -0.15) is 0 Å². The van der Waals surface area contributed by atoms with Gasteiger partial charge in [0, 0.05) is 56.4 Å². The average Bonchev–Trinajstić information content (AvgIpc) is 2.90. The molecule has 4 aliphatic rings. The highest BCUT2D eigenvalue weighted by molar-refractivity contribution is 6.12. The molecule has 6 N–H and O–H groups in total. The molecule has 0 atom stereocenters. The summed E-state index contributed by atoms with van der Waals surface area (Å²) in [5.41, 5.74) is 7.00. The van der Waals surface area contributed by atoms with Crippen LogP contribution in [0.2, 0.25) is 0 Å². The van der Waals surface area contributed by atoms with Gasteiger partial charge in [0.2, 0.25) is 0 Å². The first-order valence-corrected chi connectivity index (χ1v) is 14.5. The molecule has 2 aliphatic carbocycles. The number of benzene rings is 1. The summed E-state index contributed by atoms with van der Waals surface area (Å²) in [5, 5.41) is 23.7. The summed E-state index contributed by atoms with van der Waals surface area (Å²) in [5.74, 6) is 0.274. The number of hydrogen-bond donors (Lipinski definition) is 5. The Morgan fingerprint density at radius 3 is 2.50 bits per heavy atom. The van der Waals surface area contributed by atoms with Crippen LogP contribution in [0.15, 0.2) is 53.6 Å². The predicted octanol–water partition coefficient (Wildman–Crippen LogP) is 2.04. The molecular formula is C31H42N6O5. The molecule has 1 aromatic rings. The lowest BCUT2D eigenvalue weighted by Gasteiger charge is -2.57. The van der Waals surface area contributed by atoms with Crippen molar-refractivity contribution in [3.8, 4) is 5.75 Å². The molecule has 1 spiro atoms. The second-order valence-electron chi connectivity index (χ2n) is 12.7. The van der Waals surface area contributed by atoms with E-state index in [9.17, 15) is 14.7 Å². The Hall–Kier alpha value is -3.83. The van der Waals surface area contributed by atoms with Crippen molar-refractivity contribution in [2.75, 3.05) is 44.7 Å². The Labute approximate surface area is 246 Å². The molecule has 226 valence electrons. The van der Waals surface area contributed by atoms with Gasteiger partial charge in [0.25, 0.3) is 11.8 Å². The number of ether oxygens (including phenoxy) is 2. The van der Waals surface area contributed by atoms with E-state index in [0.29, 0.717) is 22.8 Å². The van der Waals surface area contributed by atoms with Crippen molar-refractivity contribution < 1.29 is 24.2 Å². The van der Waals surface area contributed by atoms with Gasteiger partial charge in [-0.3, -0.25) is 9.59 Å². The number of anilines is 1. The third-order valence-electron chi connectivity index (χ3n) is 8.46. The topological polar surface area (TPSA) is 153 Å². The van der Waals surface area contributed by atoms with Crippen LogP contribution < -0.4 is 26.0 Å². The smallest absolute Gasteiger partial charge is 0.255 e. The number of rotatable bonds is 10. The Balaban J connectivity index is 1.12. The van der Waals surface area contributed by atoms with Gasteiger partial charge in [-0.05, 0) is 76.3 Å². The van der Waals surface area contributed by atoms with E-state index in [1.807, 2.05) is 12.1 Å². The van der Waals surface area contributed by atoms with E-state index in [0.717, 1.165) is 63.8 Å². The van der Waals surface area contributed by atoms with Crippen LogP contribution in [0.25, 0.3) is 0 Å². The quantitative estimate of drug-likeness (QED) is 0.209.